The van der Waals surface area contributed by atoms with E-state index in [1.54, 1.807) is 0 Å². The second kappa shape index (κ2) is 8.07. The molecule has 0 heterocycles. The van der Waals surface area contributed by atoms with E-state index in [1.165, 1.54) is 17.5 Å². The van der Waals surface area contributed by atoms with Gasteiger partial charge in [0.1, 0.15) is 0 Å². The van der Waals surface area contributed by atoms with E-state index in [0.717, 1.165) is 31.0 Å². The predicted octanol–water partition coefficient (Wildman–Crippen LogP) is 3.01. The van der Waals surface area contributed by atoms with E-state index in [1.807, 2.05) is 0 Å². The molecule has 0 aromatic heterocycles. The van der Waals surface area contributed by atoms with Crippen molar-refractivity contribution < 1.29 is 0 Å². The Morgan fingerprint density at radius 2 is 1.82 bits per heavy atom. The number of hydrogen-bond acceptors (Lipinski definition) is 1. The first-order valence-corrected chi connectivity index (χ1v) is 6.77. The molecule has 0 aliphatic carbocycles. The van der Waals surface area contributed by atoms with Gasteiger partial charge in [-0.3, -0.25) is 0 Å². The summed E-state index contributed by atoms with van der Waals surface area (Å²) in [5.41, 5.74) is 2.71. The largest absolute Gasteiger partial charge is 0.363 e. The van der Waals surface area contributed by atoms with Crippen LogP contribution in [-0.2, 0) is 13.0 Å². The highest BCUT2D eigenvalue weighted by molar-refractivity contribution is 7.80. The van der Waals surface area contributed by atoms with Gasteiger partial charge >= 0.3 is 0 Å². The molecule has 1 rings (SSSR count). The van der Waals surface area contributed by atoms with Crippen molar-refractivity contribution >= 4 is 17.3 Å². The van der Waals surface area contributed by atoms with Crippen molar-refractivity contribution in [3.63, 3.8) is 0 Å². The fourth-order valence-corrected chi connectivity index (χ4v) is 1.87. The smallest absolute Gasteiger partial charge is 0.166 e. The van der Waals surface area contributed by atoms with Crippen molar-refractivity contribution in [2.45, 2.75) is 39.7 Å². The molecule has 0 radical (unpaired) electrons. The van der Waals surface area contributed by atoms with Crippen LogP contribution in [0, 0.1) is 0 Å². The molecule has 0 fully saturated rings. The minimum absolute atomic E-state index is 0.754. The molecule has 2 N–H and O–H groups in total. The van der Waals surface area contributed by atoms with Gasteiger partial charge in [-0.05, 0) is 36.2 Å². The van der Waals surface area contributed by atoms with E-state index in [4.69, 9.17) is 12.2 Å². The molecular weight excluding hydrogens is 228 g/mol. The Hall–Kier alpha value is -1.09. The zero-order valence-corrected chi connectivity index (χ0v) is 11.6. The SMILES string of the molecule is CCCCNC(=S)NCc1ccccc1CC. The highest BCUT2D eigenvalue weighted by Crippen LogP contribution is 2.08. The average molecular weight is 250 g/mol. The van der Waals surface area contributed by atoms with E-state index in [0.29, 0.717) is 0 Å². The molecule has 0 unspecified atom stereocenters. The van der Waals surface area contributed by atoms with E-state index in [9.17, 15) is 0 Å². The van der Waals surface area contributed by atoms with E-state index in [2.05, 4.69) is 48.7 Å². The van der Waals surface area contributed by atoms with E-state index >= 15 is 0 Å². The lowest BCUT2D eigenvalue weighted by atomic mass is 10.1. The maximum Gasteiger partial charge on any atom is 0.166 e. The Kier molecular flexibility index (Phi) is 6.63. The topological polar surface area (TPSA) is 24.1 Å². The predicted molar refractivity (Wildman–Crippen MR) is 78.2 cm³/mol. The first-order valence-electron chi connectivity index (χ1n) is 6.36. The van der Waals surface area contributed by atoms with Gasteiger partial charge in [-0.15, -0.1) is 0 Å². The molecule has 0 saturated carbocycles. The zero-order valence-electron chi connectivity index (χ0n) is 10.8. The molecule has 3 heteroatoms. The standard InChI is InChI=1S/C14H22N2S/c1-3-5-10-15-14(17)16-11-13-9-7-6-8-12(13)4-2/h6-9H,3-5,10-11H2,1-2H3,(H2,15,16,17). The van der Waals surface area contributed by atoms with Crippen LogP contribution in [0.2, 0.25) is 0 Å². The quantitative estimate of drug-likeness (QED) is 0.599. The lowest BCUT2D eigenvalue weighted by Crippen LogP contribution is -2.35. The second-order valence-electron chi connectivity index (χ2n) is 4.09. The van der Waals surface area contributed by atoms with Crippen molar-refractivity contribution in [1.29, 1.82) is 0 Å². The number of hydrogen-bond donors (Lipinski definition) is 2. The van der Waals surface area contributed by atoms with Crippen molar-refractivity contribution in [1.82, 2.24) is 10.6 Å². The first kappa shape index (κ1) is 14.0. The second-order valence-corrected chi connectivity index (χ2v) is 4.49. The van der Waals surface area contributed by atoms with Crippen LogP contribution >= 0.6 is 12.2 Å². The van der Waals surface area contributed by atoms with Gasteiger partial charge in [0.05, 0.1) is 0 Å². The zero-order chi connectivity index (χ0) is 12.5. The molecule has 0 bridgehead atoms. The Morgan fingerprint density at radius 3 is 2.47 bits per heavy atom. The molecule has 0 saturated heterocycles. The van der Waals surface area contributed by atoms with Crippen LogP contribution in [0.15, 0.2) is 24.3 Å². The third-order valence-corrected chi connectivity index (χ3v) is 3.04. The van der Waals surface area contributed by atoms with Crippen LogP contribution in [0.3, 0.4) is 0 Å². The van der Waals surface area contributed by atoms with Gasteiger partial charge < -0.3 is 10.6 Å². The number of aryl methyl sites for hydroxylation is 1. The molecule has 0 spiro atoms. The highest BCUT2D eigenvalue weighted by Gasteiger charge is 2.00. The normalized spacial score (nSPS) is 10.0. The summed E-state index contributed by atoms with van der Waals surface area (Å²) in [5.74, 6) is 0. The monoisotopic (exact) mass is 250 g/mol. The van der Waals surface area contributed by atoms with Gasteiger partial charge in [0, 0.05) is 13.1 Å². The lowest BCUT2D eigenvalue weighted by molar-refractivity contribution is 0.738. The summed E-state index contributed by atoms with van der Waals surface area (Å²) in [6.45, 7) is 6.12. The van der Waals surface area contributed by atoms with Crippen LogP contribution in [0.25, 0.3) is 0 Å². The Morgan fingerprint density at radius 1 is 1.12 bits per heavy atom. The molecule has 17 heavy (non-hydrogen) atoms. The molecule has 1 aromatic rings. The van der Waals surface area contributed by atoms with E-state index in [-0.39, 0.29) is 0 Å². The van der Waals surface area contributed by atoms with Crippen molar-refractivity contribution in [3.05, 3.63) is 35.4 Å². The molecule has 94 valence electrons. The third kappa shape index (κ3) is 5.18. The molecular formula is C14H22N2S. The van der Waals surface area contributed by atoms with Crippen LogP contribution in [0.4, 0.5) is 0 Å². The number of unbranched alkanes of at least 4 members (excludes halogenated alkanes) is 1. The van der Waals surface area contributed by atoms with Crippen molar-refractivity contribution in [2.75, 3.05) is 6.54 Å². The molecule has 0 amide bonds. The maximum atomic E-state index is 5.22. The van der Waals surface area contributed by atoms with Gasteiger partial charge in [0.2, 0.25) is 0 Å². The number of benzene rings is 1. The van der Waals surface area contributed by atoms with Crippen LogP contribution in [-0.4, -0.2) is 11.7 Å². The summed E-state index contributed by atoms with van der Waals surface area (Å²) >= 11 is 5.22. The van der Waals surface area contributed by atoms with Gasteiger partial charge in [0.25, 0.3) is 0 Å². The summed E-state index contributed by atoms with van der Waals surface area (Å²) in [6, 6.07) is 8.48. The van der Waals surface area contributed by atoms with Crippen molar-refractivity contribution in [2.24, 2.45) is 0 Å². The third-order valence-electron chi connectivity index (χ3n) is 2.75. The van der Waals surface area contributed by atoms with E-state index < -0.39 is 0 Å². The van der Waals surface area contributed by atoms with Gasteiger partial charge in [0.15, 0.2) is 5.11 Å². The van der Waals surface area contributed by atoms with Gasteiger partial charge in [-0.1, -0.05) is 44.5 Å². The molecule has 2 nitrogen and oxygen atoms in total. The highest BCUT2D eigenvalue weighted by atomic mass is 32.1. The van der Waals surface area contributed by atoms with Crippen LogP contribution in [0.5, 0.6) is 0 Å². The number of thiocarbonyl (C=S) groups is 1. The molecule has 0 aliphatic heterocycles. The minimum atomic E-state index is 0.754. The maximum absolute atomic E-state index is 5.22. The van der Waals surface area contributed by atoms with Gasteiger partial charge in [-0.2, -0.15) is 0 Å². The van der Waals surface area contributed by atoms with Crippen LogP contribution in [0.1, 0.15) is 37.8 Å². The fraction of sp³-hybridized carbons (Fsp3) is 0.500. The Balaban J connectivity index is 2.36. The number of rotatable bonds is 6. The average Bonchev–Trinajstić information content (AvgIpc) is 2.37. The summed E-state index contributed by atoms with van der Waals surface area (Å²) in [4.78, 5) is 0. The first-order chi connectivity index (χ1) is 8.27. The minimum Gasteiger partial charge on any atom is -0.363 e. The molecule has 0 aliphatic rings. The Labute approximate surface area is 110 Å². The van der Waals surface area contributed by atoms with Crippen LogP contribution < -0.4 is 10.6 Å². The van der Waals surface area contributed by atoms with Gasteiger partial charge in [-0.25, -0.2) is 0 Å². The summed E-state index contributed by atoms with van der Waals surface area (Å²) in [7, 11) is 0. The Bertz CT molecular complexity index is 350. The summed E-state index contributed by atoms with van der Waals surface area (Å²) in [6.07, 6.45) is 3.41. The summed E-state index contributed by atoms with van der Waals surface area (Å²) < 4.78 is 0. The molecule has 0 atom stereocenters. The lowest BCUT2D eigenvalue weighted by Gasteiger charge is -2.12. The van der Waals surface area contributed by atoms with Crippen molar-refractivity contribution in [3.8, 4) is 0 Å². The summed E-state index contributed by atoms with van der Waals surface area (Å²) in [5, 5.41) is 7.22. The molecule has 1 aromatic carbocycles. The number of nitrogens with one attached hydrogen (secondary N) is 2. The fourth-order valence-electron chi connectivity index (χ4n) is 1.69.